The van der Waals surface area contributed by atoms with Crippen LogP contribution in [0.1, 0.15) is 30.4 Å². The summed E-state index contributed by atoms with van der Waals surface area (Å²) in [6.45, 7) is 6.65. The molecule has 1 aromatic heterocycles. The summed E-state index contributed by atoms with van der Waals surface area (Å²) in [6, 6.07) is 8.84. The van der Waals surface area contributed by atoms with Crippen LogP contribution in [-0.2, 0) is 16.4 Å². The molecule has 2 heterocycles. The number of aromatic nitrogens is 1. The molecule has 7 heteroatoms. The topological polar surface area (TPSA) is 75.4 Å². The molecule has 3 rings (SSSR count). The summed E-state index contributed by atoms with van der Waals surface area (Å²) in [5.41, 5.74) is 3.02. The molecule has 0 bridgehead atoms. The van der Waals surface area contributed by atoms with E-state index in [9.17, 15) is 8.42 Å². The fourth-order valence-electron chi connectivity index (χ4n) is 3.36. The van der Waals surface area contributed by atoms with Gasteiger partial charge in [-0.15, -0.1) is 0 Å². The Balaban J connectivity index is 1.58. The van der Waals surface area contributed by atoms with Crippen LogP contribution < -0.4 is 9.62 Å². The highest BCUT2D eigenvalue weighted by Crippen LogP contribution is 2.31. The Bertz CT molecular complexity index is 810. The molecule has 0 radical (unpaired) electrons. The van der Waals surface area contributed by atoms with Gasteiger partial charge in [0.15, 0.2) is 5.76 Å². The van der Waals surface area contributed by atoms with Gasteiger partial charge in [-0.3, -0.25) is 0 Å². The number of sulfonamides is 1. The zero-order chi connectivity index (χ0) is 17.3. The summed E-state index contributed by atoms with van der Waals surface area (Å²) in [7, 11) is -3.57. The highest BCUT2D eigenvalue weighted by Gasteiger charge is 2.26. The smallest absolute Gasteiger partial charge is 0.245 e. The predicted octanol–water partition coefficient (Wildman–Crippen LogP) is 2.41. The number of nitrogens with one attached hydrogen (secondary N) is 1. The quantitative estimate of drug-likeness (QED) is 0.811. The van der Waals surface area contributed by atoms with Crippen LogP contribution in [0, 0.1) is 13.8 Å². The minimum absolute atomic E-state index is 0.155. The van der Waals surface area contributed by atoms with E-state index in [0.717, 1.165) is 19.4 Å². The maximum Gasteiger partial charge on any atom is 0.245 e. The minimum atomic E-state index is -3.57. The first-order chi connectivity index (χ1) is 11.4. The molecule has 0 spiro atoms. The maximum atomic E-state index is 12.4. The van der Waals surface area contributed by atoms with E-state index in [1.54, 1.807) is 13.8 Å². The second kappa shape index (κ2) is 6.57. The molecule has 1 N–H and O–H groups in total. The third-order valence-corrected chi connectivity index (χ3v) is 6.16. The number of aryl methyl sites for hydroxylation is 2. The Hall–Kier alpha value is -1.86. The molecule has 1 aromatic carbocycles. The summed E-state index contributed by atoms with van der Waals surface area (Å²) in [5.74, 6) is 0.321. The Morgan fingerprint density at radius 2 is 2.08 bits per heavy atom. The monoisotopic (exact) mass is 349 g/mol. The van der Waals surface area contributed by atoms with Gasteiger partial charge < -0.3 is 9.42 Å². The Kier molecular flexibility index (Phi) is 4.64. The lowest BCUT2D eigenvalue weighted by Crippen LogP contribution is -2.33. The van der Waals surface area contributed by atoms with Crippen molar-refractivity contribution in [1.82, 2.24) is 9.88 Å². The van der Waals surface area contributed by atoms with E-state index in [1.807, 2.05) is 6.07 Å². The van der Waals surface area contributed by atoms with Gasteiger partial charge in [0.25, 0.3) is 0 Å². The Morgan fingerprint density at radius 3 is 2.79 bits per heavy atom. The molecule has 0 saturated heterocycles. The van der Waals surface area contributed by atoms with Gasteiger partial charge in [-0.05, 0) is 45.2 Å². The third-order valence-electron chi connectivity index (χ3n) is 4.45. The molecule has 24 heavy (non-hydrogen) atoms. The molecular formula is C17H23N3O3S. The van der Waals surface area contributed by atoms with Crippen LogP contribution in [-0.4, -0.2) is 32.7 Å². The molecule has 0 fully saturated rings. The number of para-hydroxylation sites is 1. The van der Waals surface area contributed by atoms with Gasteiger partial charge in [0.1, 0.15) is 10.6 Å². The lowest BCUT2D eigenvalue weighted by molar-refractivity contribution is 0.390. The zero-order valence-electron chi connectivity index (χ0n) is 14.2. The zero-order valence-corrected chi connectivity index (χ0v) is 15.1. The Morgan fingerprint density at radius 1 is 1.33 bits per heavy atom. The van der Waals surface area contributed by atoms with Crippen LogP contribution in [0.5, 0.6) is 0 Å². The van der Waals surface area contributed by atoms with Gasteiger partial charge in [0, 0.05) is 24.8 Å². The van der Waals surface area contributed by atoms with E-state index in [-0.39, 0.29) is 4.90 Å². The van der Waals surface area contributed by atoms with Gasteiger partial charge in [-0.2, -0.15) is 0 Å². The van der Waals surface area contributed by atoms with E-state index >= 15 is 0 Å². The largest absolute Gasteiger partial charge is 0.368 e. The predicted molar refractivity (Wildman–Crippen MR) is 92.7 cm³/mol. The van der Waals surface area contributed by atoms with E-state index in [1.165, 1.54) is 11.3 Å². The fraction of sp³-hybridized carbons (Fsp3) is 0.471. The van der Waals surface area contributed by atoms with Gasteiger partial charge in [-0.25, -0.2) is 13.1 Å². The van der Waals surface area contributed by atoms with Crippen molar-refractivity contribution in [2.24, 2.45) is 0 Å². The maximum absolute atomic E-state index is 12.4. The lowest BCUT2D eigenvalue weighted by atomic mass is 10.1. The highest BCUT2D eigenvalue weighted by atomic mass is 32.2. The molecule has 1 aliphatic rings. The first kappa shape index (κ1) is 17.0. The van der Waals surface area contributed by atoms with Crippen molar-refractivity contribution in [2.45, 2.75) is 44.6 Å². The minimum Gasteiger partial charge on any atom is -0.368 e. The molecular weight excluding hydrogens is 326 g/mol. The molecule has 0 aliphatic carbocycles. The Labute approximate surface area is 142 Å². The normalized spacial score (nSPS) is 17.3. The second-order valence-electron chi connectivity index (χ2n) is 6.28. The number of benzene rings is 1. The fourth-order valence-corrected chi connectivity index (χ4v) is 4.76. The van der Waals surface area contributed by atoms with E-state index in [2.05, 4.69) is 39.9 Å². The number of fused-ring (bicyclic) bond motifs is 1. The number of rotatable bonds is 6. The summed E-state index contributed by atoms with van der Waals surface area (Å²) in [6.07, 6.45) is 1.78. The summed E-state index contributed by atoms with van der Waals surface area (Å²) >= 11 is 0. The van der Waals surface area contributed by atoms with Crippen LogP contribution in [0.2, 0.25) is 0 Å². The molecule has 0 amide bonds. The van der Waals surface area contributed by atoms with E-state index < -0.39 is 10.0 Å². The van der Waals surface area contributed by atoms with Gasteiger partial charge >= 0.3 is 0 Å². The standard InChI is InChI=1S/C17H23N3O3S/c1-12-11-15-7-4-5-8-16(15)20(12)10-6-9-18-24(21,22)17-13(2)19-23-14(17)3/h4-5,7-8,12,18H,6,9-11H2,1-3H3. The summed E-state index contributed by atoms with van der Waals surface area (Å²) in [4.78, 5) is 2.50. The molecule has 1 aliphatic heterocycles. The van der Waals surface area contributed by atoms with Crippen molar-refractivity contribution in [3.8, 4) is 0 Å². The van der Waals surface area contributed by atoms with Gasteiger partial charge in [0.05, 0.1) is 0 Å². The molecule has 2 aromatic rings. The first-order valence-electron chi connectivity index (χ1n) is 8.17. The summed E-state index contributed by atoms with van der Waals surface area (Å²) < 4.78 is 32.3. The van der Waals surface area contributed by atoms with Crippen LogP contribution in [0.25, 0.3) is 0 Å². The second-order valence-corrected chi connectivity index (χ2v) is 7.98. The van der Waals surface area contributed by atoms with Crippen LogP contribution in [0.3, 0.4) is 0 Å². The van der Waals surface area contributed by atoms with Crippen molar-refractivity contribution in [3.05, 3.63) is 41.3 Å². The molecule has 6 nitrogen and oxygen atoms in total. The van der Waals surface area contributed by atoms with Crippen LogP contribution in [0.4, 0.5) is 5.69 Å². The number of nitrogens with zero attached hydrogens (tertiary/aromatic N) is 2. The van der Waals surface area contributed by atoms with Crippen molar-refractivity contribution in [3.63, 3.8) is 0 Å². The number of hydrogen-bond donors (Lipinski definition) is 1. The highest BCUT2D eigenvalue weighted by molar-refractivity contribution is 7.89. The molecule has 1 atom stereocenters. The number of hydrogen-bond acceptors (Lipinski definition) is 5. The molecule has 1 unspecified atom stereocenters. The SMILES string of the molecule is Cc1noc(C)c1S(=O)(=O)NCCCN1c2ccccc2CC1C. The lowest BCUT2D eigenvalue weighted by Gasteiger charge is -2.24. The average molecular weight is 349 g/mol. The van der Waals surface area contributed by atoms with Crippen molar-refractivity contribution < 1.29 is 12.9 Å². The molecule has 130 valence electrons. The molecule has 0 saturated carbocycles. The van der Waals surface area contributed by atoms with Gasteiger partial charge in [-0.1, -0.05) is 23.4 Å². The first-order valence-corrected chi connectivity index (χ1v) is 9.65. The average Bonchev–Trinajstić information content (AvgIpc) is 3.03. The van der Waals surface area contributed by atoms with E-state index in [4.69, 9.17) is 4.52 Å². The van der Waals surface area contributed by atoms with Gasteiger partial charge in [0.2, 0.25) is 10.0 Å². The number of anilines is 1. The van der Waals surface area contributed by atoms with Crippen molar-refractivity contribution in [2.75, 3.05) is 18.0 Å². The van der Waals surface area contributed by atoms with Crippen molar-refractivity contribution >= 4 is 15.7 Å². The van der Waals surface area contributed by atoms with Crippen molar-refractivity contribution in [1.29, 1.82) is 0 Å². The third kappa shape index (κ3) is 3.18. The van der Waals surface area contributed by atoms with Crippen LogP contribution in [0.15, 0.2) is 33.7 Å². The van der Waals surface area contributed by atoms with E-state index in [0.29, 0.717) is 24.0 Å². The van der Waals surface area contributed by atoms with Crippen LogP contribution >= 0.6 is 0 Å². The summed E-state index contributed by atoms with van der Waals surface area (Å²) in [5, 5.41) is 3.71.